The summed E-state index contributed by atoms with van der Waals surface area (Å²) in [4.78, 5) is 4.56. The fourth-order valence-corrected chi connectivity index (χ4v) is 2.87. The molecule has 0 saturated heterocycles. The Balaban J connectivity index is 2.31. The van der Waals surface area contributed by atoms with E-state index in [0.29, 0.717) is 22.7 Å². The Morgan fingerprint density at radius 2 is 1.95 bits per heavy atom. The number of aromatic nitrogens is 2. The first-order valence-corrected chi connectivity index (χ1v) is 7.74. The second kappa shape index (κ2) is 7.05. The van der Waals surface area contributed by atoms with Crippen molar-refractivity contribution in [3.63, 3.8) is 0 Å². The molecule has 0 saturated carbocycles. The van der Waals surface area contributed by atoms with Crippen LogP contribution >= 0.6 is 11.6 Å². The predicted octanol–water partition coefficient (Wildman–Crippen LogP) is 4.13. The van der Waals surface area contributed by atoms with Gasteiger partial charge in [0, 0.05) is 11.6 Å². The van der Waals surface area contributed by atoms with Gasteiger partial charge in [0.1, 0.15) is 0 Å². The molecule has 0 aliphatic heterocycles. The first-order chi connectivity index (χ1) is 10.0. The number of likely N-dealkylation sites (N-methyl/N-ethyl adjacent to an activating group) is 1. The largest absolute Gasteiger partial charge is 0.339 e. The van der Waals surface area contributed by atoms with Crippen LogP contribution in [0.15, 0.2) is 28.8 Å². The number of nitrogens with one attached hydrogen (secondary N) is 1. The van der Waals surface area contributed by atoms with E-state index < -0.39 is 0 Å². The van der Waals surface area contributed by atoms with Gasteiger partial charge in [-0.15, -0.1) is 0 Å². The third-order valence-corrected chi connectivity index (χ3v) is 3.95. The molecule has 0 aliphatic rings. The van der Waals surface area contributed by atoms with E-state index in [1.54, 1.807) is 0 Å². The molecule has 2 rings (SSSR count). The van der Waals surface area contributed by atoms with E-state index in [0.717, 1.165) is 12.1 Å². The van der Waals surface area contributed by atoms with Gasteiger partial charge in [-0.25, -0.2) is 0 Å². The minimum Gasteiger partial charge on any atom is -0.339 e. The van der Waals surface area contributed by atoms with Gasteiger partial charge in [-0.1, -0.05) is 49.7 Å². The third kappa shape index (κ3) is 3.63. The molecule has 2 aromatic rings. The standard InChI is InChI=1S/C16H22ClN3O/c1-5-18-11(4)14(10(2)3)16-19-15(20-21-16)12-8-6-7-9-13(12)17/h6-11,14,18H,5H2,1-4H3. The van der Waals surface area contributed by atoms with Crippen molar-refractivity contribution in [3.8, 4) is 11.4 Å². The lowest BCUT2D eigenvalue weighted by molar-refractivity contribution is 0.281. The summed E-state index contributed by atoms with van der Waals surface area (Å²) in [5.41, 5.74) is 0.799. The highest BCUT2D eigenvalue weighted by molar-refractivity contribution is 6.33. The average molecular weight is 308 g/mol. The molecule has 0 amide bonds. The number of hydrogen-bond acceptors (Lipinski definition) is 4. The molecule has 2 unspecified atom stereocenters. The summed E-state index contributed by atoms with van der Waals surface area (Å²) < 4.78 is 5.51. The second-order valence-electron chi connectivity index (χ2n) is 5.55. The van der Waals surface area contributed by atoms with E-state index in [9.17, 15) is 0 Å². The Morgan fingerprint density at radius 1 is 1.24 bits per heavy atom. The van der Waals surface area contributed by atoms with Crippen LogP contribution in [0.5, 0.6) is 0 Å². The minimum atomic E-state index is 0.175. The van der Waals surface area contributed by atoms with Crippen molar-refractivity contribution in [2.45, 2.75) is 39.7 Å². The molecule has 0 aliphatic carbocycles. The number of rotatable bonds is 6. The fraction of sp³-hybridized carbons (Fsp3) is 0.500. The van der Waals surface area contributed by atoms with Gasteiger partial charge in [0.25, 0.3) is 0 Å². The van der Waals surface area contributed by atoms with Crippen LogP contribution in [-0.2, 0) is 0 Å². The zero-order chi connectivity index (χ0) is 15.4. The summed E-state index contributed by atoms with van der Waals surface area (Å²) in [7, 11) is 0. The van der Waals surface area contributed by atoms with Crippen LogP contribution < -0.4 is 5.32 Å². The lowest BCUT2D eigenvalue weighted by atomic mass is 9.89. The van der Waals surface area contributed by atoms with E-state index in [2.05, 4.69) is 43.2 Å². The normalized spacial score (nSPS) is 14.4. The van der Waals surface area contributed by atoms with Crippen molar-refractivity contribution in [2.75, 3.05) is 6.54 Å². The van der Waals surface area contributed by atoms with Gasteiger partial charge >= 0.3 is 0 Å². The molecule has 114 valence electrons. The summed E-state index contributed by atoms with van der Waals surface area (Å²) in [6.07, 6.45) is 0. The summed E-state index contributed by atoms with van der Waals surface area (Å²) >= 11 is 6.19. The first-order valence-electron chi connectivity index (χ1n) is 7.36. The van der Waals surface area contributed by atoms with E-state index in [-0.39, 0.29) is 12.0 Å². The highest BCUT2D eigenvalue weighted by Gasteiger charge is 2.28. The Hall–Kier alpha value is -1.39. The topological polar surface area (TPSA) is 51.0 Å². The van der Waals surface area contributed by atoms with Gasteiger partial charge in [-0.05, 0) is 31.5 Å². The molecule has 1 heterocycles. The summed E-state index contributed by atoms with van der Waals surface area (Å²) in [5.74, 6) is 1.78. The molecule has 5 heteroatoms. The van der Waals surface area contributed by atoms with E-state index in [4.69, 9.17) is 16.1 Å². The zero-order valence-electron chi connectivity index (χ0n) is 12.9. The van der Waals surface area contributed by atoms with Crippen LogP contribution in [0.25, 0.3) is 11.4 Å². The molecule has 0 spiro atoms. The predicted molar refractivity (Wildman–Crippen MR) is 85.5 cm³/mol. The molecule has 21 heavy (non-hydrogen) atoms. The van der Waals surface area contributed by atoms with Gasteiger partial charge in [0.15, 0.2) is 0 Å². The number of benzene rings is 1. The first kappa shape index (κ1) is 16.0. The molecule has 1 aromatic carbocycles. The lowest BCUT2D eigenvalue weighted by Gasteiger charge is -2.24. The molecule has 0 radical (unpaired) electrons. The number of hydrogen-bond donors (Lipinski definition) is 1. The summed E-state index contributed by atoms with van der Waals surface area (Å²) in [6, 6.07) is 7.80. The van der Waals surface area contributed by atoms with Crippen molar-refractivity contribution in [1.82, 2.24) is 15.5 Å². The van der Waals surface area contributed by atoms with Gasteiger partial charge in [0.05, 0.1) is 10.9 Å². The summed E-state index contributed by atoms with van der Waals surface area (Å²) in [5, 5.41) is 8.16. The maximum Gasteiger partial charge on any atom is 0.231 e. The molecule has 4 nitrogen and oxygen atoms in total. The Morgan fingerprint density at radius 3 is 2.57 bits per heavy atom. The highest BCUT2D eigenvalue weighted by Crippen LogP contribution is 2.30. The quantitative estimate of drug-likeness (QED) is 0.872. The maximum absolute atomic E-state index is 6.19. The number of nitrogens with zero attached hydrogens (tertiary/aromatic N) is 2. The van der Waals surface area contributed by atoms with Crippen LogP contribution in [0, 0.1) is 5.92 Å². The average Bonchev–Trinajstić information content (AvgIpc) is 2.88. The third-order valence-electron chi connectivity index (χ3n) is 3.62. The van der Waals surface area contributed by atoms with Gasteiger partial charge in [-0.2, -0.15) is 4.98 Å². The molecule has 0 fully saturated rings. The highest BCUT2D eigenvalue weighted by atomic mass is 35.5. The van der Waals surface area contributed by atoms with Crippen LogP contribution in [0.1, 0.15) is 39.5 Å². The van der Waals surface area contributed by atoms with Crippen LogP contribution in [-0.4, -0.2) is 22.7 Å². The Bertz CT molecular complexity index is 582. The minimum absolute atomic E-state index is 0.175. The van der Waals surface area contributed by atoms with E-state index in [1.165, 1.54) is 0 Å². The second-order valence-corrected chi connectivity index (χ2v) is 5.96. The van der Waals surface area contributed by atoms with Crippen molar-refractivity contribution >= 4 is 11.6 Å². The zero-order valence-corrected chi connectivity index (χ0v) is 13.7. The number of halogens is 1. The van der Waals surface area contributed by atoms with Gasteiger partial charge in [-0.3, -0.25) is 0 Å². The lowest BCUT2D eigenvalue weighted by Crippen LogP contribution is -2.34. The van der Waals surface area contributed by atoms with Crippen molar-refractivity contribution in [1.29, 1.82) is 0 Å². The molecular formula is C16H22ClN3O. The SMILES string of the molecule is CCNC(C)C(c1nc(-c2ccccc2Cl)no1)C(C)C. The van der Waals surface area contributed by atoms with Crippen LogP contribution in [0.3, 0.4) is 0 Å². The van der Waals surface area contributed by atoms with Gasteiger partial charge < -0.3 is 9.84 Å². The summed E-state index contributed by atoms with van der Waals surface area (Å²) in [6.45, 7) is 9.48. The van der Waals surface area contributed by atoms with Crippen molar-refractivity contribution in [3.05, 3.63) is 35.2 Å². The van der Waals surface area contributed by atoms with Crippen LogP contribution in [0.2, 0.25) is 5.02 Å². The van der Waals surface area contributed by atoms with Crippen molar-refractivity contribution in [2.24, 2.45) is 5.92 Å². The van der Waals surface area contributed by atoms with E-state index >= 15 is 0 Å². The molecule has 0 bridgehead atoms. The Labute approximate surface area is 130 Å². The molecule has 1 N–H and O–H groups in total. The monoisotopic (exact) mass is 307 g/mol. The molecule has 1 aromatic heterocycles. The molecule has 2 atom stereocenters. The van der Waals surface area contributed by atoms with Crippen molar-refractivity contribution < 1.29 is 4.52 Å². The van der Waals surface area contributed by atoms with E-state index in [1.807, 2.05) is 24.3 Å². The maximum atomic E-state index is 6.19. The Kier molecular flexibility index (Phi) is 5.37. The van der Waals surface area contributed by atoms with Crippen LogP contribution in [0.4, 0.5) is 0 Å². The smallest absolute Gasteiger partial charge is 0.231 e. The fourth-order valence-electron chi connectivity index (χ4n) is 2.65. The molecular weight excluding hydrogens is 286 g/mol. The van der Waals surface area contributed by atoms with Gasteiger partial charge in [0.2, 0.25) is 11.7 Å².